The predicted octanol–water partition coefficient (Wildman–Crippen LogP) is 2.02. The van der Waals surface area contributed by atoms with Gasteiger partial charge in [0.1, 0.15) is 11.7 Å². The Hall–Kier alpha value is -1.59. The molecule has 0 aliphatic carbocycles. The second-order valence-corrected chi connectivity index (χ2v) is 5.82. The van der Waals surface area contributed by atoms with E-state index in [0.29, 0.717) is 6.61 Å². The largest absolute Gasteiger partial charge is 0.441 e. The van der Waals surface area contributed by atoms with Gasteiger partial charge in [-0.15, -0.1) is 0 Å². The highest BCUT2D eigenvalue weighted by Crippen LogP contribution is 2.23. The molecule has 0 saturated carbocycles. The van der Waals surface area contributed by atoms with Gasteiger partial charge in [0, 0.05) is 26.7 Å². The van der Waals surface area contributed by atoms with Crippen LogP contribution < -0.4 is 5.32 Å². The average Bonchev–Trinajstić information content (AvgIpc) is 2.48. The third-order valence-corrected chi connectivity index (χ3v) is 3.73. The number of morpholine rings is 1. The van der Waals surface area contributed by atoms with Gasteiger partial charge in [-0.05, 0) is 19.4 Å². The molecule has 116 valence electrons. The number of hydrogen-bond acceptors (Lipinski definition) is 4. The lowest BCUT2D eigenvalue weighted by molar-refractivity contribution is -0.130. The summed E-state index contributed by atoms with van der Waals surface area (Å²) in [6.45, 7) is 6.95. The molecule has 1 aliphatic rings. The monoisotopic (exact) mass is 292 g/mol. The summed E-state index contributed by atoms with van der Waals surface area (Å²) in [6, 6.07) is 10.4. The summed E-state index contributed by atoms with van der Waals surface area (Å²) in [5.41, 5.74) is 0.623. The molecule has 1 atom stereocenters. The Morgan fingerprint density at radius 3 is 2.81 bits per heavy atom. The normalized spacial score (nSPS) is 20.0. The molecule has 0 bridgehead atoms. The van der Waals surface area contributed by atoms with Crippen molar-refractivity contribution in [2.24, 2.45) is 0 Å². The van der Waals surface area contributed by atoms with Crippen LogP contribution in [0.4, 0.5) is 4.79 Å². The topological polar surface area (TPSA) is 50.8 Å². The van der Waals surface area contributed by atoms with Gasteiger partial charge in [-0.25, -0.2) is 4.79 Å². The van der Waals surface area contributed by atoms with Crippen LogP contribution >= 0.6 is 0 Å². The number of hydrogen-bond donors (Lipinski definition) is 1. The lowest BCUT2D eigenvalue weighted by Gasteiger charge is -2.40. The number of ether oxygens (including phenoxy) is 2. The fourth-order valence-electron chi connectivity index (χ4n) is 2.46. The van der Waals surface area contributed by atoms with Gasteiger partial charge in [-0.1, -0.05) is 30.3 Å². The number of carbonyl (C=O) groups is 1. The third kappa shape index (κ3) is 4.44. The molecular formula is C16H24N2O3. The van der Waals surface area contributed by atoms with Crippen LogP contribution in [0.3, 0.4) is 0 Å². The maximum Gasteiger partial charge on any atom is 0.407 e. The molecule has 1 fully saturated rings. The molecule has 0 radical (unpaired) electrons. The number of alkyl carbamates (subject to hydrolysis) is 1. The smallest absolute Gasteiger partial charge is 0.407 e. The molecule has 1 saturated heterocycles. The van der Waals surface area contributed by atoms with Crippen molar-refractivity contribution in [2.45, 2.75) is 32.1 Å². The van der Waals surface area contributed by atoms with E-state index in [1.54, 1.807) is 7.05 Å². The Morgan fingerprint density at radius 2 is 2.14 bits per heavy atom. The zero-order valence-corrected chi connectivity index (χ0v) is 13.0. The molecule has 1 unspecified atom stereocenters. The molecule has 5 nitrogen and oxygen atoms in total. The second kappa shape index (κ2) is 6.91. The fourth-order valence-corrected chi connectivity index (χ4v) is 2.46. The van der Waals surface area contributed by atoms with Gasteiger partial charge in [0.05, 0.1) is 6.61 Å². The van der Waals surface area contributed by atoms with Crippen LogP contribution in [-0.4, -0.2) is 49.4 Å². The van der Waals surface area contributed by atoms with Gasteiger partial charge in [0.25, 0.3) is 0 Å². The highest BCUT2D eigenvalue weighted by molar-refractivity contribution is 5.67. The zero-order chi connectivity index (χ0) is 15.3. The van der Waals surface area contributed by atoms with Crippen molar-refractivity contribution in [3.63, 3.8) is 0 Å². The minimum atomic E-state index is -0.657. The SMILES string of the molecule is CNC(=O)OC(C)(C)C1CN(Cc2ccccc2)CCO1. The molecular weight excluding hydrogens is 268 g/mol. The summed E-state index contributed by atoms with van der Waals surface area (Å²) in [5.74, 6) is 0. The van der Waals surface area contributed by atoms with E-state index in [0.717, 1.165) is 19.6 Å². The molecule has 1 N–H and O–H groups in total. The van der Waals surface area contributed by atoms with E-state index in [1.807, 2.05) is 32.0 Å². The first kappa shape index (κ1) is 15.8. The van der Waals surface area contributed by atoms with E-state index in [9.17, 15) is 4.79 Å². The van der Waals surface area contributed by atoms with Crippen LogP contribution in [0.2, 0.25) is 0 Å². The van der Waals surface area contributed by atoms with E-state index >= 15 is 0 Å². The van der Waals surface area contributed by atoms with Crippen LogP contribution in [0.25, 0.3) is 0 Å². The zero-order valence-electron chi connectivity index (χ0n) is 13.0. The van der Waals surface area contributed by atoms with Crippen LogP contribution in [0.5, 0.6) is 0 Å². The van der Waals surface area contributed by atoms with Crippen molar-refractivity contribution in [1.82, 2.24) is 10.2 Å². The van der Waals surface area contributed by atoms with Crippen LogP contribution in [0.15, 0.2) is 30.3 Å². The van der Waals surface area contributed by atoms with Crippen molar-refractivity contribution < 1.29 is 14.3 Å². The summed E-state index contributed by atoms with van der Waals surface area (Å²) >= 11 is 0. The highest BCUT2D eigenvalue weighted by atomic mass is 16.6. The van der Waals surface area contributed by atoms with Gasteiger partial charge in [0.2, 0.25) is 0 Å². The van der Waals surface area contributed by atoms with E-state index in [2.05, 4.69) is 22.3 Å². The fraction of sp³-hybridized carbons (Fsp3) is 0.562. The molecule has 1 heterocycles. The Bertz CT molecular complexity index is 462. The van der Waals surface area contributed by atoms with Gasteiger partial charge in [0.15, 0.2) is 0 Å². The van der Waals surface area contributed by atoms with Gasteiger partial charge >= 0.3 is 6.09 Å². The molecule has 1 amide bonds. The minimum absolute atomic E-state index is 0.132. The van der Waals surface area contributed by atoms with Crippen LogP contribution in [0.1, 0.15) is 19.4 Å². The molecule has 1 aliphatic heterocycles. The Balaban J connectivity index is 1.95. The van der Waals surface area contributed by atoms with E-state index in [-0.39, 0.29) is 6.10 Å². The summed E-state index contributed by atoms with van der Waals surface area (Å²) in [5, 5.41) is 2.48. The average molecular weight is 292 g/mol. The number of carbonyl (C=O) groups excluding carboxylic acids is 1. The van der Waals surface area contributed by atoms with Crippen molar-refractivity contribution in [2.75, 3.05) is 26.7 Å². The molecule has 21 heavy (non-hydrogen) atoms. The lowest BCUT2D eigenvalue weighted by atomic mass is 9.99. The van der Waals surface area contributed by atoms with Crippen molar-refractivity contribution in [3.8, 4) is 0 Å². The van der Waals surface area contributed by atoms with Gasteiger partial charge < -0.3 is 14.8 Å². The quantitative estimate of drug-likeness (QED) is 0.922. The number of nitrogens with zero attached hydrogens (tertiary/aromatic N) is 1. The first-order chi connectivity index (χ1) is 10.0. The summed E-state index contributed by atoms with van der Waals surface area (Å²) < 4.78 is 11.2. The first-order valence-electron chi connectivity index (χ1n) is 7.30. The van der Waals surface area contributed by atoms with Gasteiger partial charge in [-0.2, -0.15) is 0 Å². The number of rotatable bonds is 4. The van der Waals surface area contributed by atoms with Crippen LogP contribution in [0, 0.1) is 0 Å². The standard InChI is InChI=1S/C16H24N2O3/c1-16(2,21-15(19)17-3)14-12-18(9-10-20-14)11-13-7-5-4-6-8-13/h4-8,14H,9-12H2,1-3H3,(H,17,19). The maximum absolute atomic E-state index is 11.4. The van der Waals surface area contributed by atoms with E-state index in [1.165, 1.54) is 5.56 Å². The number of nitrogens with one attached hydrogen (secondary N) is 1. The van der Waals surface area contributed by atoms with E-state index < -0.39 is 11.7 Å². The van der Waals surface area contributed by atoms with Crippen LogP contribution in [-0.2, 0) is 16.0 Å². The van der Waals surface area contributed by atoms with Crippen molar-refractivity contribution >= 4 is 6.09 Å². The molecule has 5 heteroatoms. The second-order valence-electron chi connectivity index (χ2n) is 5.82. The van der Waals surface area contributed by atoms with Crippen molar-refractivity contribution in [3.05, 3.63) is 35.9 Å². The number of amides is 1. The highest BCUT2D eigenvalue weighted by Gasteiger charge is 2.37. The third-order valence-electron chi connectivity index (χ3n) is 3.73. The maximum atomic E-state index is 11.4. The summed E-state index contributed by atoms with van der Waals surface area (Å²) in [4.78, 5) is 13.8. The molecule has 1 aromatic carbocycles. The molecule has 2 rings (SSSR count). The Morgan fingerprint density at radius 1 is 1.43 bits per heavy atom. The van der Waals surface area contributed by atoms with Crippen molar-refractivity contribution in [1.29, 1.82) is 0 Å². The number of benzene rings is 1. The van der Waals surface area contributed by atoms with E-state index in [4.69, 9.17) is 9.47 Å². The predicted molar refractivity (Wildman–Crippen MR) is 81.1 cm³/mol. The molecule has 0 aromatic heterocycles. The summed E-state index contributed by atoms with van der Waals surface area (Å²) in [6.07, 6.45) is -0.559. The first-order valence-corrected chi connectivity index (χ1v) is 7.30. The summed E-state index contributed by atoms with van der Waals surface area (Å²) in [7, 11) is 1.56. The molecule has 0 spiro atoms. The Kier molecular flexibility index (Phi) is 5.20. The van der Waals surface area contributed by atoms with Gasteiger partial charge in [-0.3, -0.25) is 4.90 Å². The lowest BCUT2D eigenvalue weighted by Crippen LogP contribution is -2.54. The minimum Gasteiger partial charge on any atom is -0.441 e. The Labute approximate surface area is 126 Å². The molecule has 1 aromatic rings.